The Morgan fingerprint density at radius 2 is 1.96 bits per heavy atom. The fourth-order valence-electron chi connectivity index (χ4n) is 3.55. The lowest BCUT2D eigenvalue weighted by molar-refractivity contribution is -0.906. The van der Waals surface area contributed by atoms with Crippen molar-refractivity contribution < 1.29 is 19.2 Å². The summed E-state index contributed by atoms with van der Waals surface area (Å²) in [4.78, 5) is 27.8. The third-order valence-corrected chi connectivity index (χ3v) is 5.35. The van der Waals surface area contributed by atoms with Gasteiger partial charge in [0.2, 0.25) is 5.91 Å². The number of nitrogens with one attached hydrogen (secondary N) is 2. The fourth-order valence-corrected chi connectivity index (χ4v) is 3.67. The number of hydrogen-bond donors (Lipinski definition) is 2. The van der Waals surface area contributed by atoms with Gasteiger partial charge in [0.25, 0.3) is 5.91 Å². The van der Waals surface area contributed by atoms with Gasteiger partial charge in [-0.15, -0.1) is 0 Å². The first-order valence-corrected chi connectivity index (χ1v) is 9.76. The van der Waals surface area contributed by atoms with Crippen LogP contribution in [0.5, 0.6) is 0 Å². The fraction of sp³-hybridized carbons (Fsp3) is 0.579. The average molecular weight is 381 g/mol. The van der Waals surface area contributed by atoms with E-state index in [4.69, 9.17) is 16.3 Å². The van der Waals surface area contributed by atoms with Crippen LogP contribution in [0.25, 0.3) is 0 Å². The molecule has 2 amide bonds. The summed E-state index contributed by atoms with van der Waals surface area (Å²) < 4.78 is 5.70. The summed E-state index contributed by atoms with van der Waals surface area (Å²) in [5, 5.41) is 3.39. The van der Waals surface area contributed by atoms with Gasteiger partial charge in [0, 0.05) is 30.2 Å². The van der Waals surface area contributed by atoms with Crippen LogP contribution in [0.2, 0.25) is 5.02 Å². The summed E-state index contributed by atoms with van der Waals surface area (Å²) in [6, 6.07) is 6.71. The smallest absolute Gasteiger partial charge is 0.251 e. The Bertz CT molecular complexity index is 609. The quantitative estimate of drug-likeness (QED) is 0.749. The predicted molar refractivity (Wildman–Crippen MR) is 99.5 cm³/mol. The maximum Gasteiger partial charge on any atom is 0.251 e. The Balaban J connectivity index is 1.33. The van der Waals surface area contributed by atoms with Crippen molar-refractivity contribution in [3.8, 4) is 0 Å². The molecule has 0 spiro atoms. The molecule has 0 saturated carbocycles. The van der Waals surface area contributed by atoms with Gasteiger partial charge in [0.1, 0.15) is 12.6 Å². The van der Waals surface area contributed by atoms with Gasteiger partial charge in [-0.3, -0.25) is 9.59 Å². The second-order valence-corrected chi connectivity index (χ2v) is 7.42. The molecule has 1 aromatic carbocycles. The first-order valence-electron chi connectivity index (χ1n) is 9.38. The molecule has 2 fully saturated rings. The Kier molecular flexibility index (Phi) is 6.88. The highest BCUT2D eigenvalue weighted by Gasteiger charge is 2.27. The molecular weight excluding hydrogens is 354 g/mol. The second kappa shape index (κ2) is 9.35. The molecule has 2 aliphatic rings. The van der Waals surface area contributed by atoms with Crippen LogP contribution in [-0.4, -0.2) is 68.7 Å². The number of rotatable bonds is 6. The summed E-state index contributed by atoms with van der Waals surface area (Å²) in [6.45, 7) is 5.82. The van der Waals surface area contributed by atoms with E-state index < -0.39 is 0 Å². The van der Waals surface area contributed by atoms with E-state index in [9.17, 15) is 9.59 Å². The van der Waals surface area contributed by atoms with Crippen LogP contribution in [-0.2, 0) is 9.53 Å². The zero-order valence-corrected chi connectivity index (χ0v) is 15.8. The van der Waals surface area contributed by atoms with E-state index in [0.717, 1.165) is 39.3 Å². The second-order valence-electron chi connectivity index (χ2n) is 6.98. The molecule has 2 aliphatic heterocycles. The maximum absolute atomic E-state index is 12.3. The molecule has 6 nitrogen and oxygen atoms in total. The topological polar surface area (TPSA) is 63.1 Å². The summed E-state index contributed by atoms with van der Waals surface area (Å²) in [6.07, 6.45) is 3.07. The minimum Gasteiger partial charge on any atom is -0.372 e. The Morgan fingerprint density at radius 3 is 2.62 bits per heavy atom. The molecule has 142 valence electrons. The van der Waals surface area contributed by atoms with E-state index >= 15 is 0 Å². The minimum absolute atomic E-state index is 0.109. The highest BCUT2D eigenvalue weighted by atomic mass is 35.5. The third kappa shape index (κ3) is 5.43. The number of ether oxygens (including phenoxy) is 1. The van der Waals surface area contributed by atoms with Crippen LogP contribution < -0.4 is 10.2 Å². The zero-order chi connectivity index (χ0) is 18.4. The molecule has 0 unspecified atom stereocenters. The van der Waals surface area contributed by atoms with Crippen molar-refractivity contribution in [3.05, 3.63) is 34.9 Å². The van der Waals surface area contributed by atoms with Gasteiger partial charge in [-0.2, -0.15) is 0 Å². The van der Waals surface area contributed by atoms with Gasteiger partial charge in [-0.1, -0.05) is 11.6 Å². The molecule has 0 aromatic heterocycles. The van der Waals surface area contributed by atoms with Crippen LogP contribution in [0.15, 0.2) is 24.3 Å². The van der Waals surface area contributed by atoms with Crippen molar-refractivity contribution >= 4 is 23.4 Å². The van der Waals surface area contributed by atoms with E-state index in [2.05, 4.69) is 5.32 Å². The predicted octanol–water partition coefficient (Wildman–Crippen LogP) is 0.366. The summed E-state index contributed by atoms with van der Waals surface area (Å²) >= 11 is 5.82. The van der Waals surface area contributed by atoms with Crippen molar-refractivity contribution in [3.63, 3.8) is 0 Å². The molecule has 2 N–H and O–H groups in total. The van der Waals surface area contributed by atoms with Gasteiger partial charge in [-0.05, 0) is 37.1 Å². The van der Waals surface area contributed by atoms with Crippen LogP contribution >= 0.6 is 11.6 Å². The molecule has 1 aromatic rings. The van der Waals surface area contributed by atoms with Crippen LogP contribution in [0.1, 0.15) is 29.6 Å². The lowest BCUT2D eigenvalue weighted by atomic mass is 10.2. The van der Waals surface area contributed by atoms with Gasteiger partial charge in [0.15, 0.2) is 0 Å². The monoisotopic (exact) mass is 380 g/mol. The van der Waals surface area contributed by atoms with E-state index in [1.54, 1.807) is 24.3 Å². The molecule has 0 radical (unpaired) electrons. The molecule has 2 saturated heterocycles. The van der Waals surface area contributed by atoms with Gasteiger partial charge in [-0.25, -0.2) is 0 Å². The third-order valence-electron chi connectivity index (χ3n) is 5.09. The first kappa shape index (κ1) is 19.1. The van der Waals surface area contributed by atoms with Crippen LogP contribution in [0.3, 0.4) is 0 Å². The van der Waals surface area contributed by atoms with Crippen molar-refractivity contribution in [2.45, 2.75) is 25.4 Å². The van der Waals surface area contributed by atoms with Gasteiger partial charge < -0.3 is 19.9 Å². The molecule has 2 heterocycles. The van der Waals surface area contributed by atoms with E-state index in [1.165, 1.54) is 17.7 Å². The number of carbonyl (C=O) groups is 2. The number of piperazine rings is 1. The normalized spacial score (nSPS) is 21.0. The van der Waals surface area contributed by atoms with Crippen LogP contribution in [0.4, 0.5) is 0 Å². The van der Waals surface area contributed by atoms with Crippen molar-refractivity contribution in [2.24, 2.45) is 0 Å². The number of quaternary nitrogens is 1. The molecule has 7 heteroatoms. The molecule has 3 rings (SSSR count). The van der Waals surface area contributed by atoms with E-state index in [0.29, 0.717) is 29.7 Å². The highest BCUT2D eigenvalue weighted by molar-refractivity contribution is 6.30. The molecule has 1 atom stereocenters. The first-order chi connectivity index (χ1) is 12.6. The zero-order valence-electron chi connectivity index (χ0n) is 15.0. The summed E-state index contributed by atoms with van der Waals surface area (Å²) in [7, 11) is 0. The van der Waals surface area contributed by atoms with Gasteiger partial charge in [0.05, 0.1) is 26.2 Å². The molecule has 0 bridgehead atoms. The number of benzene rings is 1. The van der Waals surface area contributed by atoms with Gasteiger partial charge >= 0.3 is 0 Å². The van der Waals surface area contributed by atoms with E-state index in [1.807, 2.05) is 4.90 Å². The van der Waals surface area contributed by atoms with E-state index in [-0.39, 0.29) is 11.8 Å². The molecular formula is C19H27ClN3O3+. The largest absolute Gasteiger partial charge is 0.372 e. The summed E-state index contributed by atoms with van der Waals surface area (Å²) in [5.74, 6) is -0.0714. The number of amides is 2. The molecule has 26 heavy (non-hydrogen) atoms. The number of nitrogens with zero attached hydrogens (tertiary/aromatic N) is 1. The maximum atomic E-state index is 12.3. The average Bonchev–Trinajstić information content (AvgIpc) is 3.15. The number of carbonyl (C=O) groups excluding carboxylic acids is 2. The van der Waals surface area contributed by atoms with Crippen molar-refractivity contribution in [1.82, 2.24) is 10.2 Å². The lowest BCUT2D eigenvalue weighted by Crippen LogP contribution is -3.15. The minimum atomic E-state index is -0.180. The SMILES string of the molecule is O=C(NCCC(=O)N1CC[NH+](C[C@H]2CCCO2)CC1)c1ccc(Cl)cc1. The van der Waals surface area contributed by atoms with Crippen molar-refractivity contribution in [1.29, 1.82) is 0 Å². The molecule has 0 aliphatic carbocycles. The Morgan fingerprint density at radius 1 is 1.23 bits per heavy atom. The number of hydrogen-bond acceptors (Lipinski definition) is 3. The Labute approximate surface area is 159 Å². The lowest BCUT2D eigenvalue weighted by Gasteiger charge is -2.33. The summed E-state index contributed by atoms with van der Waals surface area (Å²) in [5.41, 5.74) is 0.549. The van der Waals surface area contributed by atoms with Crippen LogP contribution in [0, 0.1) is 0 Å². The number of halogens is 1. The Hall–Kier alpha value is -1.63. The standard InChI is InChI=1S/C19H26ClN3O3/c20-16-5-3-15(4-6-16)19(25)21-8-7-18(24)23-11-9-22(10-12-23)14-17-2-1-13-26-17/h3-6,17H,1-2,7-14H2,(H,21,25)/p+1/t17-/m1/s1. The van der Waals surface area contributed by atoms with Crippen molar-refractivity contribution in [2.75, 3.05) is 45.9 Å². The highest BCUT2D eigenvalue weighted by Crippen LogP contribution is 2.10.